The fraction of sp³-hybridized carbons (Fsp3) is 0.579. The van der Waals surface area contributed by atoms with Gasteiger partial charge in [0.05, 0.1) is 24.3 Å². The normalized spacial score (nSPS) is 19.2. The summed E-state index contributed by atoms with van der Waals surface area (Å²) in [4.78, 5) is 26.2. The van der Waals surface area contributed by atoms with Crippen molar-refractivity contribution in [3.05, 3.63) is 29.8 Å². The summed E-state index contributed by atoms with van der Waals surface area (Å²) in [5.41, 5.74) is 1.18. The number of likely N-dealkylation sites (tertiary alicyclic amines) is 1. The number of carbonyl (C=O) groups excluding carboxylic acids is 2. The number of carbonyl (C=O) groups is 2. The number of benzene rings is 1. The molecule has 2 amide bonds. The molecule has 24 heavy (non-hydrogen) atoms. The number of hydrogen-bond donors (Lipinski definition) is 3. The molecule has 1 aromatic carbocycles. The second kappa shape index (κ2) is 8.29. The Kier molecular flexibility index (Phi) is 5.86. The van der Waals surface area contributed by atoms with Crippen LogP contribution in [0, 0.1) is 0 Å². The maximum absolute atomic E-state index is 12.5. The molecule has 3 rings (SSSR count). The van der Waals surface area contributed by atoms with Gasteiger partial charge in [-0.2, -0.15) is 0 Å². The highest BCUT2D eigenvalue weighted by Crippen LogP contribution is 2.20. The summed E-state index contributed by atoms with van der Waals surface area (Å²) in [7, 11) is 0. The van der Waals surface area contributed by atoms with Gasteiger partial charge >= 0.3 is 0 Å². The van der Waals surface area contributed by atoms with Crippen LogP contribution >= 0.6 is 0 Å². The van der Waals surface area contributed by atoms with Crippen molar-refractivity contribution in [3.63, 3.8) is 0 Å². The van der Waals surface area contributed by atoms with E-state index in [1.807, 2.05) is 18.2 Å². The second-order valence-electron chi connectivity index (χ2n) is 7.04. The summed E-state index contributed by atoms with van der Waals surface area (Å²) >= 11 is 0. The van der Waals surface area contributed by atoms with Gasteiger partial charge in [-0.1, -0.05) is 25.0 Å². The Morgan fingerprint density at radius 2 is 1.71 bits per heavy atom. The van der Waals surface area contributed by atoms with E-state index >= 15 is 0 Å². The van der Waals surface area contributed by atoms with Crippen molar-refractivity contribution in [2.24, 2.45) is 0 Å². The third kappa shape index (κ3) is 4.57. The van der Waals surface area contributed by atoms with Gasteiger partial charge in [0.15, 0.2) is 6.54 Å². The molecule has 1 aromatic rings. The predicted molar refractivity (Wildman–Crippen MR) is 94.2 cm³/mol. The molecule has 0 bridgehead atoms. The van der Waals surface area contributed by atoms with E-state index in [-0.39, 0.29) is 17.9 Å². The van der Waals surface area contributed by atoms with Crippen molar-refractivity contribution in [1.29, 1.82) is 0 Å². The van der Waals surface area contributed by atoms with E-state index in [0.717, 1.165) is 25.9 Å². The van der Waals surface area contributed by atoms with Gasteiger partial charge in [-0.3, -0.25) is 9.59 Å². The zero-order valence-electron chi connectivity index (χ0n) is 14.3. The molecule has 1 aliphatic heterocycles. The maximum Gasteiger partial charge on any atom is 0.279 e. The number of quaternary nitrogens is 1. The van der Waals surface area contributed by atoms with Crippen LogP contribution in [0.15, 0.2) is 24.3 Å². The van der Waals surface area contributed by atoms with Crippen molar-refractivity contribution >= 4 is 17.5 Å². The molecule has 130 valence electrons. The third-order valence-electron chi connectivity index (χ3n) is 5.11. The Bertz CT molecular complexity index is 576. The van der Waals surface area contributed by atoms with Crippen LogP contribution < -0.4 is 15.5 Å². The molecule has 1 saturated carbocycles. The highest BCUT2D eigenvalue weighted by Gasteiger charge is 2.21. The van der Waals surface area contributed by atoms with E-state index in [0.29, 0.717) is 17.8 Å². The van der Waals surface area contributed by atoms with Crippen molar-refractivity contribution in [1.82, 2.24) is 5.32 Å². The average molecular weight is 330 g/mol. The maximum atomic E-state index is 12.5. The second-order valence-corrected chi connectivity index (χ2v) is 7.04. The largest absolute Gasteiger partial charge is 0.349 e. The quantitative estimate of drug-likeness (QED) is 0.763. The van der Waals surface area contributed by atoms with Crippen LogP contribution in [0.2, 0.25) is 0 Å². The summed E-state index contributed by atoms with van der Waals surface area (Å²) in [6, 6.07) is 7.57. The molecule has 2 aliphatic rings. The molecule has 1 heterocycles. The molecule has 0 atom stereocenters. The third-order valence-corrected chi connectivity index (χ3v) is 5.11. The number of hydrogen-bond acceptors (Lipinski definition) is 2. The minimum atomic E-state index is -0.0804. The monoisotopic (exact) mass is 330 g/mol. The summed E-state index contributed by atoms with van der Waals surface area (Å²) in [5, 5.41) is 6.04. The standard InChI is InChI=1S/C19H27N3O2/c23-18(14-22-12-6-1-7-13-22)21-17-11-5-4-10-16(17)19(24)20-15-8-2-3-9-15/h4-5,10-11,15H,1-3,6-9,12-14H2,(H,20,24)(H,21,23)/p+1. The molecule has 0 unspecified atom stereocenters. The zero-order valence-corrected chi connectivity index (χ0v) is 14.3. The van der Waals surface area contributed by atoms with E-state index in [1.54, 1.807) is 6.07 Å². The van der Waals surface area contributed by atoms with Crippen LogP contribution in [0.4, 0.5) is 5.69 Å². The van der Waals surface area contributed by atoms with Gasteiger partial charge < -0.3 is 15.5 Å². The van der Waals surface area contributed by atoms with Crippen LogP contribution in [-0.2, 0) is 4.79 Å². The number of piperidine rings is 1. The Labute approximate surface area is 143 Å². The highest BCUT2D eigenvalue weighted by atomic mass is 16.2. The van der Waals surface area contributed by atoms with Crippen LogP contribution in [0.3, 0.4) is 0 Å². The van der Waals surface area contributed by atoms with E-state index < -0.39 is 0 Å². The molecule has 0 radical (unpaired) electrons. The molecule has 3 N–H and O–H groups in total. The molecule has 5 nitrogen and oxygen atoms in total. The van der Waals surface area contributed by atoms with Crippen LogP contribution in [0.5, 0.6) is 0 Å². The van der Waals surface area contributed by atoms with Gasteiger partial charge in [-0.05, 0) is 44.2 Å². The Morgan fingerprint density at radius 3 is 2.46 bits per heavy atom. The fourth-order valence-electron chi connectivity index (χ4n) is 3.77. The molecule has 1 aliphatic carbocycles. The lowest BCUT2D eigenvalue weighted by Gasteiger charge is -2.23. The Hall–Kier alpha value is -1.88. The molecule has 1 saturated heterocycles. The first-order valence-electron chi connectivity index (χ1n) is 9.25. The van der Waals surface area contributed by atoms with Gasteiger partial charge in [0.1, 0.15) is 0 Å². The van der Waals surface area contributed by atoms with E-state index in [4.69, 9.17) is 0 Å². The number of amides is 2. The van der Waals surface area contributed by atoms with Crippen molar-refractivity contribution in [3.8, 4) is 0 Å². The highest BCUT2D eigenvalue weighted by molar-refractivity contribution is 6.04. The number of anilines is 1. The van der Waals surface area contributed by atoms with E-state index in [2.05, 4.69) is 10.6 Å². The van der Waals surface area contributed by atoms with E-state index in [1.165, 1.54) is 37.0 Å². The molecular formula is C19H28N3O2+. The van der Waals surface area contributed by atoms with Crippen LogP contribution in [0.1, 0.15) is 55.3 Å². The van der Waals surface area contributed by atoms with Crippen LogP contribution in [0.25, 0.3) is 0 Å². The first kappa shape index (κ1) is 17.0. The molecular weight excluding hydrogens is 302 g/mol. The molecule has 0 spiro atoms. The topological polar surface area (TPSA) is 62.6 Å². The first-order valence-corrected chi connectivity index (χ1v) is 9.25. The lowest BCUT2D eigenvalue weighted by atomic mass is 10.1. The van der Waals surface area contributed by atoms with Crippen molar-refractivity contribution in [2.75, 3.05) is 25.0 Å². The Morgan fingerprint density at radius 1 is 1.00 bits per heavy atom. The van der Waals surface area contributed by atoms with Crippen LogP contribution in [-0.4, -0.2) is 37.5 Å². The number of para-hydroxylation sites is 1. The fourth-order valence-corrected chi connectivity index (χ4v) is 3.77. The number of nitrogens with one attached hydrogen (secondary N) is 3. The van der Waals surface area contributed by atoms with Gasteiger partial charge in [0, 0.05) is 6.04 Å². The summed E-state index contributed by atoms with van der Waals surface area (Å²) < 4.78 is 0. The Balaban J connectivity index is 1.60. The summed E-state index contributed by atoms with van der Waals surface area (Å²) in [6.45, 7) is 2.62. The van der Waals surface area contributed by atoms with Gasteiger partial charge in [-0.25, -0.2) is 0 Å². The summed E-state index contributed by atoms with van der Waals surface area (Å²) in [6.07, 6.45) is 8.14. The SMILES string of the molecule is O=C(C[NH+]1CCCCC1)Nc1ccccc1C(=O)NC1CCCC1. The molecule has 0 aromatic heterocycles. The molecule has 2 fully saturated rings. The zero-order chi connectivity index (χ0) is 16.8. The predicted octanol–water partition coefficient (Wildman–Crippen LogP) is 1.37. The lowest BCUT2D eigenvalue weighted by Crippen LogP contribution is -3.13. The first-order chi connectivity index (χ1) is 11.7. The van der Waals surface area contributed by atoms with Gasteiger partial charge in [-0.15, -0.1) is 0 Å². The van der Waals surface area contributed by atoms with Crippen molar-refractivity contribution < 1.29 is 14.5 Å². The average Bonchev–Trinajstić information content (AvgIpc) is 3.09. The summed E-state index contributed by atoms with van der Waals surface area (Å²) in [5.74, 6) is -0.0869. The van der Waals surface area contributed by atoms with Gasteiger partial charge in [0.25, 0.3) is 11.8 Å². The smallest absolute Gasteiger partial charge is 0.279 e. The van der Waals surface area contributed by atoms with Gasteiger partial charge in [0.2, 0.25) is 0 Å². The van der Waals surface area contributed by atoms with Crippen molar-refractivity contribution in [2.45, 2.75) is 51.0 Å². The number of rotatable bonds is 5. The minimum absolute atomic E-state index is 0.00647. The lowest BCUT2D eigenvalue weighted by molar-refractivity contribution is -0.896. The van der Waals surface area contributed by atoms with E-state index in [9.17, 15) is 9.59 Å². The minimum Gasteiger partial charge on any atom is -0.349 e. The molecule has 5 heteroatoms.